The highest BCUT2D eigenvalue weighted by Crippen LogP contribution is 2.24. The van der Waals surface area contributed by atoms with Crippen molar-refractivity contribution < 1.29 is 0 Å². The molecule has 5 nitrogen and oxygen atoms in total. The van der Waals surface area contributed by atoms with Crippen molar-refractivity contribution in [2.24, 2.45) is 0 Å². The van der Waals surface area contributed by atoms with Gasteiger partial charge in [-0.25, -0.2) is 4.98 Å². The maximum Gasteiger partial charge on any atom is 0.257 e. The summed E-state index contributed by atoms with van der Waals surface area (Å²) in [5, 5.41) is 5.41. The Morgan fingerprint density at radius 3 is 2.67 bits per heavy atom. The molecule has 0 saturated carbocycles. The zero-order chi connectivity index (χ0) is 16.1. The minimum Gasteiger partial charge on any atom is -0.306 e. The summed E-state index contributed by atoms with van der Waals surface area (Å²) in [6.45, 7) is 0. The lowest BCUT2D eigenvalue weighted by Crippen LogP contribution is -2.11. The third kappa shape index (κ3) is 1.85. The molecule has 0 spiro atoms. The van der Waals surface area contributed by atoms with Gasteiger partial charge in [0.2, 0.25) is 0 Å². The number of fused-ring (bicyclic) bond motifs is 3. The largest absolute Gasteiger partial charge is 0.306 e. The zero-order valence-corrected chi connectivity index (χ0v) is 12.6. The number of allylic oxidation sites excluding steroid dienone is 4. The van der Waals surface area contributed by atoms with E-state index < -0.39 is 0 Å². The minimum atomic E-state index is -0.138. The van der Waals surface area contributed by atoms with E-state index in [1.165, 1.54) is 0 Å². The number of hydrogen-bond donors (Lipinski definition) is 1. The summed E-state index contributed by atoms with van der Waals surface area (Å²) in [7, 11) is 0. The molecule has 1 aliphatic carbocycles. The number of nitrogens with zero attached hydrogens (tertiary/aromatic N) is 3. The molecule has 0 saturated heterocycles. The normalized spacial score (nSPS) is 13.2. The molecule has 0 bridgehead atoms. The number of benzene rings is 1. The summed E-state index contributed by atoms with van der Waals surface area (Å²) in [5.74, 6) is 0. The first-order valence-corrected chi connectivity index (χ1v) is 7.65. The van der Waals surface area contributed by atoms with Gasteiger partial charge < -0.3 is 4.98 Å². The Bertz CT molecular complexity index is 1210. The lowest BCUT2D eigenvalue weighted by molar-refractivity contribution is 0.950. The summed E-state index contributed by atoms with van der Waals surface area (Å²) < 4.78 is 1.69. The van der Waals surface area contributed by atoms with Crippen LogP contribution in [0, 0.1) is 0 Å². The van der Waals surface area contributed by atoms with E-state index >= 15 is 0 Å². The van der Waals surface area contributed by atoms with Crippen molar-refractivity contribution in [2.75, 3.05) is 0 Å². The van der Waals surface area contributed by atoms with Crippen LogP contribution >= 0.6 is 0 Å². The van der Waals surface area contributed by atoms with Crippen LogP contribution in [0.15, 0.2) is 71.7 Å². The van der Waals surface area contributed by atoms with Gasteiger partial charge in [0.1, 0.15) is 5.65 Å². The first-order valence-electron chi connectivity index (χ1n) is 7.65. The smallest absolute Gasteiger partial charge is 0.257 e. The second kappa shape index (κ2) is 4.76. The Morgan fingerprint density at radius 2 is 1.92 bits per heavy atom. The van der Waals surface area contributed by atoms with Crippen LogP contribution in [-0.2, 0) is 0 Å². The SMILES string of the molecule is O=c1[nH]c2c(cnc3cc(C4=CC=C4)nn32)cc1-c1ccccc1. The molecular formula is C19H12N4O. The molecule has 24 heavy (non-hydrogen) atoms. The third-order valence-electron chi connectivity index (χ3n) is 4.22. The molecule has 0 atom stereocenters. The average molecular weight is 312 g/mol. The standard InChI is InChI=1S/C19H12N4O/c24-19-15(12-5-2-1-3-6-12)9-14-11-20-17-10-16(13-7-4-8-13)22-23(17)18(14)21-19/h1-11H,(H,21,24). The van der Waals surface area contributed by atoms with E-state index in [1.54, 1.807) is 10.7 Å². The number of pyridine rings is 1. The fourth-order valence-electron chi connectivity index (χ4n) is 2.91. The van der Waals surface area contributed by atoms with Crippen molar-refractivity contribution in [2.45, 2.75) is 0 Å². The van der Waals surface area contributed by atoms with Crippen molar-refractivity contribution in [3.05, 3.63) is 82.9 Å². The molecule has 5 rings (SSSR count). The molecule has 114 valence electrons. The lowest BCUT2D eigenvalue weighted by Gasteiger charge is -2.05. The molecular weight excluding hydrogens is 300 g/mol. The van der Waals surface area contributed by atoms with E-state index in [9.17, 15) is 4.79 Å². The van der Waals surface area contributed by atoms with Crippen LogP contribution in [0.25, 0.3) is 33.4 Å². The first-order chi connectivity index (χ1) is 11.8. The fraction of sp³-hybridized carbons (Fsp3) is 0. The summed E-state index contributed by atoms with van der Waals surface area (Å²) in [6, 6.07) is 13.4. The monoisotopic (exact) mass is 312 g/mol. The molecule has 3 aromatic heterocycles. The zero-order valence-electron chi connectivity index (χ0n) is 12.6. The molecule has 4 aromatic rings. The van der Waals surface area contributed by atoms with E-state index in [2.05, 4.69) is 15.1 Å². The van der Waals surface area contributed by atoms with Gasteiger partial charge in [0.15, 0.2) is 5.65 Å². The maximum atomic E-state index is 12.5. The topological polar surface area (TPSA) is 63.0 Å². The summed E-state index contributed by atoms with van der Waals surface area (Å²) in [4.78, 5) is 20.0. The van der Waals surface area contributed by atoms with Crippen molar-refractivity contribution in [1.82, 2.24) is 19.6 Å². The maximum absolute atomic E-state index is 12.5. The van der Waals surface area contributed by atoms with Crippen LogP contribution < -0.4 is 5.56 Å². The van der Waals surface area contributed by atoms with E-state index in [0.29, 0.717) is 16.9 Å². The molecule has 5 heteroatoms. The predicted octanol–water partition coefficient (Wildman–Crippen LogP) is 3.19. The molecule has 1 aromatic carbocycles. The van der Waals surface area contributed by atoms with E-state index in [4.69, 9.17) is 0 Å². The van der Waals surface area contributed by atoms with Crippen LogP contribution in [0.3, 0.4) is 0 Å². The van der Waals surface area contributed by atoms with Gasteiger partial charge in [0.25, 0.3) is 5.56 Å². The molecule has 0 unspecified atom stereocenters. The summed E-state index contributed by atoms with van der Waals surface area (Å²) in [6.07, 6.45) is 7.74. The highest BCUT2D eigenvalue weighted by Gasteiger charge is 2.13. The number of nitrogens with one attached hydrogen (secondary N) is 1. The summed E-state index contributed by atoms with van der Waals surface area (Å²) >= 11 is 0. The van der Waals surface area contributed by atoms with Crippen LogP contribution in [-0.4, -0.2) is 19.6 Å². The van der Waals surface area contributed by atoms with E-state index in [0.717, 1.165) is 22.2 Å². The predicted molar refractivity (Wildman–Crippen MR) is 93.7 cm³/mol. The Balaban J connectivity index is 1.77. The van der Waals surface area contributed by atoms with Gasteiger partial charge in [-0.1, -0.05) is 48.6 Å². The van der Waals surface area contributed by atoms with Crippen molar-refractivity contribution >= 4 is 22.3 Å². The van der Waals surface area contributed by atoms with Crippen LogP contribution in [0.2, 0.25) is 0 Å². The minimum absolute atomic E-state index is 0.138. The highest BCUT2D eigenvalue weighted by atomic mass is 16.1. The van der Waals surface area contributed by atoms with Gasteiger partial charge in [-0.3, -0.25) is 4.79 Å². The van der Waals surface area contributed by atoms with E-state index in [1.807, 2.05) is 60.7 Å². The quantitative estimate of drug-likeness (QED) is 0.618. The van der Waals surface area contributed by atoms with Crippen LogP contribution in [0.5, 0.6) is 0 Å². The number of rotatable bonds is 2. The Morgan fingerprint density at radius 1 is 1.08 bits per heavy atom. The van der Waals surface area contributed by atoms with Crippen molar-refractivity contribution in [1.29, 1.82) is 0 Å². The van der Waals surface area contributed by atoms with Crippen molar-refractivity contribution in [3.8, 4) is 11.1 Å². The van der Waals surface area contributed by atoms with Crippen molar-refractivity contribution in [3.63, 3.8) is 0 Å². The number of H-pyrrole nitrogens is 1. The van der Waals surface area contributed by atoms with Gasteiger partial charge in [-0.15, -0.1) is 0 Å². The van der Waals surface area contributed by atoms with Crippen LogP contribution in [0.4, 0.5) is 0 Å². The Labute approximate surface area is 136 Å². The molecule has 1 aliphatic rings. The van der Waals surface area contributed by atoms with Gasteiger partial charge in [0, 0.05) is 28.8 Å². The molecule has 0 radical (unpaired) electrons. The molecule has 3 heterocycles. The first kappa shape index (κ1) is 13.0. The molecule has 0 aliphatic heterocycles. The number of aromatic nitrogens is 4. The van der Waals surface area contributed by atoms with Gasteiger partial charge >= 0.3 is 0 Å². The Kier molecular flexibility index (Phi) is 2.58. The van der Waals surface area contributed by atoms with Gasteiger partial charge in [0.05, 0.1) is 5.69 Å². The van der Waals surface area contributed by atoms with Gasteiger partial charge in [-0.2, -0.15) is 9.61 Å². The fourth-order valence-corrected chi connectivity index (χ4v) is 2.91. The molecule has 1 N–H and O–H groups in total. The molecule has 0 amide bonds. The average Bonchev–Trinajstić information content (AvgIpc) is 2.97. The second-order valence-electron chi connectivity index (χ2n) is 5.72. The number of aromatic amines is 1. The Hall–Kier alpha value is -3.47. The summed E-state index contributed by atoms with van der Waals surface area (Å²) in [5.41, 5.74) is 4.65. The highest BCUT2D eigenvalue weighted by molar-refractivity contribution is 5.84. The lowest BCUT2D eigenvalue weighted by atomic mass is 10.1. The second-order valence-corrected chi connectivity index (χ2v) is 5.72. The van der Waals surface area contributed by atoms with Gasteiger partial charge in [-0.05, 0) is 11.6 Å². The molecule has 0 fully saturated rings. The van der Waals surface area contributed by atoms with Crippen LogP contribution in [0.1, 0.15) is 5.69 Å². The number of hydrogen-bond acceptors (Lipinski definition) is 3. The third-order valence-corrected chi connectivity index (χ3v) is 4.22. The van der Waals surface area contributed by atoms with E-state index in [-0.39, 0.29) is 5.56 Å².